The minimum Gasteiger partial charge on any atom is -0.376 e. The number of piperidine rings is 1. The largest absolute Gasteiger partial charge is 0.376 e. The van der Waals surface area contributed by atoms with Crippen LogP contribution in [0.3, 0.4) is 0 Å². The van der Waals surface area contributed by atoms with Gasteiger partial charge in [-0.3, -0.25) is 9.59 Å². The van der Waals surface area contributed by atoms with Gasteiger partial charge in [-0.25, -0.2) is 0 Å². The van der Waals surface area contributed by atoms with Gasteiger partial charge in [-0.15, -0.1) is 0 Å². The van der Waals surface area contributed by atoms with Crippen molar-refractivity contribution in [2.75, 3.05) is 39.4 Å². The molecule has 3 aliphatic heterocycles. The molecule has 1 atom stereocenters. The normalized spacial score (nSPS) is 25.6. The summed E-state index contributed by atoms with van der Waals surface area (Å²) >= 11 is 0. The van der Waals surface area contributed by atoms with Crippen LogP contribution in [0.5, 0.6) is 0 Å². The molecule has 3 fully saturated rings. The van der Waals surface area contributed by atoms with Crippen LogP contribution in [0.15, 0.2) is 30.3 Å². The number of likely N-dealkylation sites (tertiary alicyclic amines) is 1. The summed E-state index contributed by atoms with van der Waals surface area (Å²) in [5.41, 5.74) is 0.294. The quantitative estimate of drug-likeness (QED) is 0.801. The summed E-state index contributed by atoms with van der Waals surface area (Å²) in [5, 5.41) is 0. The van der Waals surface area contributed by atoms with E-state index in [0.29, 0.717) is 52.0 Å². The van der Waals surface area contributed by atoms with E-state index in [0.717, 1.165) is 25.0 Å². The first-order valence-corrected chi connectivity index (χ1v) is 10.5. The minimum atomic E-state index is -0.424. The standard InChI is InChI=1S/C22H30N2O4/c25-20-16-22(28-15-13-24(20)17-19-8-4-5-14-27-19)9-11-23(12-10-22)21(26)18-6-2-1-3-7-18/h1-3,6-7,19H,4-5,8-17H2. The summed E-state index contributed by atoms with van der Waals surface area (Å²) in [6.07, 6.45) is 5.33. The van der Waals surface area contributed by atoms with Crippen LogP contribution >= 0.6 is 0 Å². The van der Waals surface area contributed by atoms with Gasteiger partial charge >= 0.3 is 0 Å². The number of ether oxygens (including phenoxy) is 2. The number of benzene rings is 1. The van der Waals surface area contributed by atoms with Gasteiger partial charge in [0.2, 0.25) is 5.91 Å². The number of hydrogen-bond donors (Lipinski definition) is 0. The summed E-state index contributed by atoms with van der Waals surface area (Å²) in [4.78, 5) is 29.4. The molecule has 0 bridgehead atoms. The monoisotopic (exact) mass is 386 g/mol. The van der Waals surface area contributed by atoms with Crippen LogP contribution in [0.1, 0.15) is 48.9 Å². The van der Waals surface area contributed by atoms with Crippen molar-refractivity contribution in [1.82, 2.24) is 9.80 Å². The molecule has 4 rings (SSSR count). The fourth-order valence-electron chi connectivity index (χ4n) is 4.53. The lowest BCUT2D eigenvalue weighted by Gasteiger charge is -2.40. The summed E-state index contributed by atoms with van der Waals surface area (Å²) in [6, 6.07) is 9.39. The van der Waals surface area contributed by atoms with E-state index in [1.54, 1.807) is 0 Å². The molecular weight excluding hydrogens is 356 g/mol. The summed E-state index contributed by atoms with van der Waals surface area (Å²) in [5.74, 6) is 0.223. The third-order valence-electron chi connectivity index (χ3n) is 6.28. The van der Waals surface area contributed by atoms with E-state index in [9.17, 15) is 9.59 Å². The second-order valence-electron chi connectivity index (χ2n) is 8.19. The van der Waals surface area contributed by atoms with Gasteiger partial charge in [0, 0.05) is 38.3 Å². The number of carbonyl (C=O) groups is 2. The smallest absolute Gasteiger partial charge is 0.253 e. The van der Waals surface area contributed by atoms with Crippen molar-refractivity contribution >= 4 is 11.8 Å². The molecule has 3 heterocycles. The predicted molar refractivity (Wildman–Crippen MR) is 105 cm³/mol. The zero-order valence-electron chi connectivity index (χ0n) is 16.5. The summed E-state index contributed by atoms with van der Waals surface area (Å²) < 4.78 is 12.0. The van der Waals surface area contributed by atoms with E-state index >= 15 is 0 Å². The SMILES string of the molecule is O=C1CC2(CCN(C(=O)c3ccccc3)CC2)OCCN1CC1CCCCO1. The van der Waals surface area contributed by atoms with Crippen LogP contribution in [-0.2, 0) is 14.3 Å². The number of nitrogens with zero attached hydrogens (tertiary/aromatic N) is 2. The van der Waals surface area contributed by atoms with Crippen LogP contribution < -0.4 is 0 Å². The number of amides is 2. The highest BCUT2D eigenvalue weighted by Crippen LogP contribution is 2.33. The minimum absolute atomic E-state index is 0.0615. The molecule has 152 valence electrons. The van der Waals surface area contributed by atoms with E-state index in [1.807, 2.05) is 40.1 Å². The van der Waals surface area contributed by atoms with Crippen molar-refractivity contribution < 1.29 is 19.1 Å². The Morgan fingerprint density at radius 1 is 1.07 bits per heavy atom. The van der Waals surface area contributed by atoms with Crippen molar-refractivity contribution in [3.05, 3.63) is 35.9 Å². The van der Waals surface area contributed by atoms with Crippen molar-refractivity contribution in [2.45, 2.75) is 50.2 Å². The predicted octanol–water partition coefficient (Wildman–Crippen LogP) is 2.48. The van der Waals surface area contributed by atoms with Crippen LogP contribution in [0, 0.1) is 0 Å². The van der Waals surface area contributed by atoms with E-state index < -0.39 is 5.60 Å². The molecule has 0 aromatic heterocycles. The third kappa shape index (κ3) is 4.39. The second-order valence-corrected chi connectivity index (χ2v) is 8.19. The molecule has 1 aromatic carbocycles. The Balaban J connectivity index is 1.33. The highest BCUT2D eigenvalue weighted by atomic mass is 16.5. The molecule has 1 spiro atoms. The molecule has 0 saturated carbocycles. The molecule has 2 amide bonds. The molecule has 1 aromatic rings. The van der Waals surface area contributed by atoms with Crippen LogP contribution in [-0.4, -0.2) is 72.7 Å². The lowest BCUT2D eigenvalue weighted by Crippen LogP contribution is -2.49. The van der Waals surface area contributed by atoms with E-state index in [2.05, 4.69) is 0 Å². The summed E-state index contributed by atoms with van der Waals surface area (Å²) in [6.45, 7) is 3.94. The highest BCUT2D eigenvalue weighted by molar-refractivity contribution is 5.94. The Labute approximate surface area is 166 Å². The fourth-order valence-corrected chi connectivity index (χ4v) is 4.53. The Morgan fingerprint density at radius 3 is 2.57 bits per heavy atom. The molecule has 6 heteroatoms. The van der Waals surface area contributed by atoms with Gasteiger partial charge in [-0.05, 0) is 44.2 Å². The first-order chi connectivity index (χ1) is 13.7. The van der Waals surface area contributed by atoms with Gasteiger partial charge in [0.15, 0.2) is 0 Å². The van der Waals surface area contributed by atoms with Crippen molar-refractivity contribution in [1.29, 1.82) is 0 Å². The molecule has 6 nitrogen and oxygen atoms in total. The lowest BCUT2D eigenvalue weighted by molar-refractivity contribution is -0.137. The topological polar surface area (TPSA) is 59.1 Å². The van der Waals surface area contributed by atoms with Crippen molar-refractivity contribution in [2.24, 2.45) is 0 Å². The first kappa shape index (κ1) is 19.4. The van der Waals surface area contributed by atoms with Gasteiger partial charge in [0.25, 0.3) is 5.91 Å². The average Bonchev–Trinajstić information content (AvgIpc) is 2.88. The van der Waals surface area contributed by atoms with Crippen molar-refractivity contribution in [3.8, 4) is 0 Å². The van der Waals surface area contributed by atoms with Crippen molar-refractivity contribution in [3.63, 3.8) is 0 Å². The number of carbonyl (C=O) groups excluding carboxylic acids is 2. The Morgan fingerprint density at radius 2 is 1.86 bits per heavy atom. The maximum Gasteiger partial charge on any atom is 0.253 e. The van der Waals surface area contributed by atoms with Gasteiger partial charge in [0.05, 0.1) is 24.7 Å². The van der Waals surface area contributed by atoms with Gasteiger partial charge < -0.3 is 19.3 Å². The molecule has 3 aliphatic rings. The molecule has 0 aliphatic carbocycles. The van der Waals surface area contributed by atoms with Gasteiger partial charge in [0.1, 0.15) is 0 Å². The van der Waals surface area contributed by atoms with Gasteiger partial charge in [-0.1, -0.05) is 18.2 Å². The number of hydrogen-bond acceptors (Lipinski definition) is 4. The maximum absolute atomic E-state index is 12.9. The first-order valence-electron chi connectivity index (χ1n) is 10.5. The molecule has 28 heavy (non-hydrogen) atoms. The zero-order chi connectivity index (χ0) is 19.4. The molecule has 1 unspecified atom stereocenters. The second kappa shape index (κ2) is 8.62. The highest BCUT2D eigenvalue weighted by Gasteiger charge is 2.41. The Bertz CT molecular complexity index is 679. The molecule has 3 saturated heterocycles. The Kier molecular flexibility index (Phi) is 5.97. The van der Waals surface area contributed by atoms with E-state index in [4.69, 9.17) is 9.47 Å². The van der Waals surface area contributed by atoms with Crippen LogP contribution in [0.25, 0.3) is 0 Å². The van der Waals surface area contributed by atoms with Gasteiger partial charge in [-0.2, -0.15) is 0 Å². The lowest BCUT2D eigenvalue weighted by atomic mass is 9.87. The average molecular weight is 386 g/mol. The van der Waals surface area contributed by atoms with Crippen LogP contribution in [0.2, 0.25) is 0 Å². The van der Waals surface area contributed by atoms with E-state index in [-0.39, 0.29) is 17.9 Å². The third-order valence-corrected chi connectivity index (χ3v) is 6.28. The maximum atomic E-state index is 12.9. The van der Waals surface area contributed by atoms with E-state index in [1.165, 1.54) is 6.42 Å². The van der Waals surface area contributed by atoms with Crippen LogP contribution in [0.4, 0.5) is 0 Å². The number of rotatable bonds is 3. The fraction of sp³-hybridized carbons (Fsp3) is 0.636. The molecule has 0 N–H and O–H groups in total. The zero-order valence-corrected chi connectivity index (χ0v) is 16.5. The Hall–Kier alpha value is -1.92. The molecule has 0 radical (unpaired) electrons. The summed E-state index contributed by atoms with van der Waals surface area (Å²) in [7, 11) is 0. The molecular formula is C22H30N2O4.